The SMILES string of the molecule is CCCOc1ccc(/C=C2/SC(=S)NC2=O)cc1Br. The first-order valence-electron chi connectivity index (χ1n) is 5.77. The molecule has 0 radical (unpaired) electrons. The van der Waals surface area contributed by atoms with Crippen LogP contribution >= 0.6 is 39.9 Å². The predicted octanol–water partition coefficient (Wildman–Crippen LogP) is 3.73. The van der Waals surface area contributed by atoms with Crippen molar-refractivity contribution < 1.29 is 9.53 Å². The summed E-state index contributed by atoms with van der Waals surface area (Å²) >= 11 is 9.69. The van der Waals surface area contributed by atoms with Crippen molar-refractivity contribution in [1.29, 1.82) is 0 Å². The lowest BCUT2D eigenvalue weighted by Crippen LogP contribution is -2.17. The second-order valence-electron chi connectivity index (χ2n) is 3.89. The average molecular weight is 358 g/mol. The smallest absolute Gasteiger partial charge is 0.263 e. The van der Waals surface area contributed by atoms with Gasteiger partial charge in [-0.1, -0.05) is 37.0 Å². The molecule has 0 aliphatic carbocycles. The van der Waals surface area contributed by atoms with E-state index in [1.165, 1.54) is 11.8 Å². The van der Waals surface area contributed by atoms with Gasteiger partial charge in [0.15, 0.2) is 0 Å². The minimum Gasteiger partial charge on any atom is -0.492 e. The van der Waals surface area contributed by atoms with E-state index in [0.29, 0.717) is 15.8 Å². The predicted molar refractivity (Wildman–Crippen MR) is 86.2 cm³/mol. The van der Waals surface area contributed by atoms with Gasteiger partial charge in [0, 0.05) is 0 Å². The van der Waals surface area contributed by atoms with Gasteiger partial charge in [0.25, 0.3) is 5.91 Å². The number of halogens is 1. The summed E-state index contributed by atoms with van der Waals surface area (Å²) in [7, 11) is 0. The van der Waals surface area contributed by atoms with Gasteiger partial charge in [-0.05, 0) is 46.1 Å². The number of ether oxygens (including phenoxy) is 1. The van der Waals surface area contributed by atoms with Crippen LogP contribution in [-0.2, 0) is 4.79 Å². The normalized spacial score (nSPS) is 16.8. The van der Waals surface area contributed by atoms with Crippen molar-refractivity contribution in [2.45, 2.75) is 13.3 Å². The first-order chi connectivity index (χ1) is 9.10. The molecule has 1 aromatic rings. The number of thioether (sulfide) groups is 1. The maximum Gasteiger partial charge on any atom is 0.263 e. The first kappa shape index (κ1) is 14.6. The molecule has 1 fully saturated rings. The maximum atomic E-state index is 11.6. The van der Waals surface area contributed by atoms with Crippen molar-refractivity contribution in [2.75, 3.05) is 6.61 Å². The van der Waals surface area contributed by atoms with Crippen LogP contribution in [0.1, 0.15) is 18.9 Å². The molecule has 1 heterocycles. The second-order valence-corrected chi connectivity index (χ2v) is 6.46. The Labute approximate surface area is 129 Å². The third kappa shape index (κ3) is 3.81. The number of carbonyl (C=O) groups is 1. The van der Waals surface area contributed by atoms with Gasteiger partial charge in [0.05, 0.1) is 16.0 Å². The van der Waals surface area contributed by atoms with E-state index in [1.54, 1.807) is 0 Å². The second kappa shape index (κ2) is 6.54. The number of benzene rings is 1. The molecule has 0 spiro atoms. The molecule has 6 heteroatoms. The number of thiocarbonyl (C=S) groups is 1. The Morgan fingerprint density at radius 2 is 2.32 bits per heavy atom. The van der Waals surface area contributed by atoms with Gasteiger partial charge in [-0.2, -0.15) is 0 Å². The van der Waals surface area contributed by atoms with E-state index in [0.717, 1.165) is 22.2 Å². The highest BCUT2D eigenvalue weighted by Gasteiger charge is 2.21. The van der Waals surface area contributed by atoms with Crippen LogP contribution in [0.3, 0.4) is 0 Å². The highest BCUT2D eigenvalue weighted by molar-refractivity contribution is 9.10. The summed E-state index contributed by atoms with van der Waals surface area (Å²) in [6.07, 6.45) is 2.78. The van der Waals surface area contributed by atoms with Gasteiger partial charge in [0.1, 0.15) is 10.1 Å². The number of amides is 1. The fourth-order valence-electron chi connectivity index (χ4n) is 1.51. The third-order valence-corrected chi connectivity index (χ3v) is 4.14. The molecular formula is C13H12BrNO2S2. The van der Waals surface area contributed by atoms with E-state index in [9.17, 15) is 4.79 Å². The lowest BCUT2D eigenvalue weighted by molar-refractivity contribution is -0.115. The number of hydrogen-bond donors (Lipinski definition) is 1. The van der Waals surface area contributed by atoms with Gasteiger partial charge < -0.3 is 10.1 Å². The molecule has 1 aliphatic rings. The van der Waals surface area contributed by atoms with Gasteiger partial charge in [-0.15, -0.1) is 0 Å². The Balaban J connectivity index is 2.18. The molecule has 0 atom stereocenters. The van der Waals surface area contributed by atoms with Crippen LogP contribution < -0.4 is 10.1 Å². The summed E-state index contributed by atoms with van der Waals surface area (Å²) in [6.45, 7) is 2.75. The van der Waals surface area contributed by atoms with Crippen LogP contribution in [0, 0.1) is 0 Å². The van der Waals surface area contributed by atoms with E-state index >= 15 is 0 Å². The highest BCUT2D eigenvalue weighted by Crippen LogP contribution is 2.30. The Morgan fingerprint density at radius 1 is 1.53 bits per heavy atom. The quantitative estimate of drug-likeness (QED) is 0.658. The molecule has 1 aliphatic heterocycles. The standard InChI is InChI=1S/C13H12BrNO2S2/c1-2-5-17-10-4-3-8(6-9(10)14)7-11-12(16)15-13(18)19-11/h3-4,6-7H,2,5H2,1H3,(H,15,16,18)/b11-7+. The molecule has 100 valence electrons. The molecule has 0 unspecified atom stereocenters. The molecule has 0 bridgehead atoms. The van der Waals surface area contributed by atoms with Crippen LogP contribution in [0.25, 0.3) is 6.08 Å². The van der Waals surface area contributed by atoms with E-state index < -0.39 is 0 Å². The van der Waals surface area contributed by atoms with Gasteiger partial charge >= 0.3 is 0 Å². The van der Waals surface area contributed by atoms with Crippen LogP contribution in [0.5, 0.6) is 5.75 Å². The lowest BCUT2D eigenvalue weighted by Gasteiger charge is -2.07. The number of rotatable bonds is 4. The lowest BCUT2D eigenvalue weighted by atomic mass is 10.2. The zero-order valence-corrected chi connectivity index (χ0v) is 13.5. The molecule has 1 aromatic carbocycles. The minimum absolute atomic E-state index is 0.141. The topological polar surface area (TPSA) is 38.3 Å². The summed E-state index contributed by atoms with van der Waals surface area (Å²) in [5, 5.41) is 2.59. The highest BCUT2D eigenvalue weighted by atomic mass is 79.9. The summed E-state index contributed by atoms with van der Waals surface area (Å²) in [5.41, 5.74) is 0.929. The van der Waals surface area contributed by atoms with Crippen molar-refractivity contribution in [2.24, 2.45) is 0 Å². The summed E-state index contributed by atoms with van der Waals surface area (Å²) < 4.78 is 6.95. The fraction of sp³-hybridized carbons (Fsp3) is 0.231. The average Bonchev–Trinajstić information content (AvgIpc) is 2.67. The molecule has 0 aromatic heterocycles. The molecule has 1 N–H and O–H groups in total. The largest absolute Gasteiger partial charge is 0.492 e. The molecule has 1 saturated heterocycles. The Kier molecular flexibility index (Phi) is 5.01. The molecule has 3 nitrogen and oxygen atoms in total. The Hall–Kier alpha value is -0.850. The first-order valence-corrected chi connectivity index (χ1v) is 7.79. The fourth-order valence-corrected chi connectivity index (χ4v) is 3.06. The van der Waals surface area contributed by atoms with Gasteiger partial charge in [-0.3, -0.25) is 4.79 Å². The zero-order valence-electron chi connectivity index (χ0n) is 10.2. The molecule has 2 rings (SSSR count). The van der Waals surface area contributed by atoms with Crippen LogP contribution in [-0.4, -0.2) is 16.8 Å². The van der Waals surface area contributed by atoms with Gasteiger partial charge in [-0.25, -0.2) is 0 Å². The van der Waals surface area contributed by atoms with E-state index in [1.807, 2.05) is 24.3 Å². The van der Waals surface area contributed by atoms with E-state index in [4.69, 9.17) is 17.0 Å². The van der Waals surface area contributed by atoms with Crippen LogP contribution in [0.2, 0.25) is 0 Å². The molecular weight excluding hydrogens is 346 g/mol. The van der Waals surface area contributed by atoms with E-state index in [2.05, 4.69) is 28.2 Å². The number of hydrogen-bond acceptors (Lipinski definition) is 4. The van der Waals surface area contributed by atoms with Crippen molar-refractivity contribution in [1.82, 2.24) is 5.32 Å². The van der Waals surface area contributed by atoms with Crippen molar-refractivity contribution in [3.8, 4) is 5.75 Å². The van der Waals surface area contributed by atoms with Crippen molar-refractivity contribution >= 4 is 56.2 Å². The summed E-state index contributed by atoms with van der Waals surface area (Å²) in [5.74, 6) is 0.667. The Bertz CT molecular complexity index is 558. The summed E-state index contributed by atoms with van der Waals surface area (Å²) in [6, 6.07) is 5.73. The van der Waals surface area contributed by atoms with Crippen LogP contribution in [0.4, 0.5) is 0 Å². The summed E-state index contributed by atoms with van der Waals surface area (Å²) in [4.78, 5) is 12.2. The minimum atomic E-state index is -0.141. The van der Waals surface area contributed by atoms with Crippen molar-refractivity contribution in [3.05, 3.63) is 33.1 Å². The number of carbonyl (C=O) groups excluding carboxylic acids is 1. The maximum absolute atomic E-state index is 11.6. The third-order valence-electron chi connectivity index (χ3n) is 2.36. The Morgan fingerprint density at radius 3 is 2.89 bits per heavy atom. The monoisotopic (exact) mass is 357 g/mol. The molecule has 0 saturated carbocycles. The zero-order chi connectivity index (χ0) is 13.8. The van der Waals surface area contributed by atoms with Gasteiger partial charge in [0.2, 0.25) is 0 Å². The number of nitrogens with one attached hydrogen (secondary N) is 1. The van der Waals surface area contributed by atoms with E-state index in [-0.39, 0.29) is 5.91 Å². The molecule has 1 amide bonds. The molecule has 19 heavy (non-hydrogen) atoms. The van der Waals surface area contributed by atoms with Crippen LogP contribution in [0.15, 0.2) is 27.6 Å². The van der Waals surface area contributed by atoms with Crippen molar-refractivity contribution in [3.63, 3.8) is 0 Å².